The van der Waals surface area contributed by atoms with Crippen molar-refractivity contribution >= 4 is 45.9 Å². The maximum absolute atomic E-state index is 9.66. The minimum Gasteiger partial charge on any atom is -0.508 e. The maximum atomic E-state index is 9.66. The molecule has 0 bridgehead atoms. The summed E-state index contributed by atoms with van der Waals surface area (Å²) in [4.78, 5) is 19.8. The number of phenolic OH excluding ortho intramolecular Hbond substituents is 1. The first-order chi connectivity index (χ1) is 17.9. The van der Waals surface area contributed by atoms with E-state index in [2.05, 4.69) is 34.1 Å². The molecule has 0 saturated carbocycles. The average Bonchev–Trinajstić information content (AvgIpc) is 2.90. The van der Waals surface area contributed by atoms with Gasteiger partial charge in [-0.25, -0.2) is 19.9 Å². The Hall–Kier alpha value is -3.88. The molecule has 0 fully saturated rings. The van der Waals surface area contributed by atoms with Crippen molar-refractivity contribution in [1.82, 2.24) is 19.9 Å². The second kappa shape index (κ2) is 11.0. The molecule has 0 radical (unpaired) electrons. The highest BCUT2D eigenvalue weighted by atomic mass is 35.5. The summed E-state index contributed by atoms with van der Waals surface area (Å²) in [6, 6.07) is 22.3. The first kappa shape index (κ1) is 24.8. The molecule has 2 aromatic carbocycles. The molecule has 0 aliphatic heterocycles. The number of aromatic hydroxyl groups is 1. The molecule has 0 atom stereocenters. The monoisotopic (exact) mass is 529 g/mol. The number of ether oxygens (including phenoxy) is 1. The minimum absolute atomic E-state index is 0.224. The van der Waals surface area contributed by atoms with Gasteiger partial charge in [0.1, 0.15) is 35.4 Å². The van der Waals surface area contributed by atoms with E-state index < -0.39 is 0 Å². The predicted molar refractivity (Wildman–Crippen MR) is 147 cm³/mol. The van der Waals surface area contributed by atoms with Gasteiger partial charge in [-0.05, 0) is 66.6 Å². The second-order valence-corrected chi connectivity index (χ2v) is 10.1. The van der Waals surface area contributed by atoms with Crippen LogP contribution in [0.3, 0.4) is 0 Å². The Morgan fingerprint density at radius 2 is 1.81 bits per heavy atom. The van der Waals surface area contributed by atoms with Crippen molar-refractivity contribution in [2.24, 2.45) is 0 Å². The van der Waals surface area contributed by atoms with Gasteiger partial charge < -0.3 is 15.2 Å². The molecule has 0 saturated heterocycles. The van der Waals surface area contributed by atoms with Gasteiger partial charge in [0.15, 0.2) is 5.65 Å². The molecule has 3 heterocycles. The normalized spacial score (nSPS) is 11.1. The lowest BCUT2D eigenvalue weighted by atomic mass is 10.1. The number of nitrogens with one attached hydrogen (secondary N) is 1. The van der Waals surface area contributed by atoms with E-state index in [1.165, 1.54) is 6.33 Å². The third-order valence-corrected chi connectivity index (χ3v) is 6.83. The van der Waals surface area contributed by atoms with Crippen LogP contribution in [-0.4, -0.2) is 25.0 Å². The standard InChI is InChI=1S/C28H24ClN5O2S/c1-17(2)23-12-11-22-27(33-23)30-16-31-28(22)34-24-14-20(36-15-18-4-3-5-26(29)32-18)8-13-25(24)37-21-9-6-19(35)7-10-21/h3-14,16-17,35H,15H2,1-2H3,(H,30,31,33,34). The summed E-state index contributed by atoms with van der Waals surface area (Å²) in [6.45, 7) is 4.49. The van der Waals surface area contributed by atoms with Crippen LogP contribution in [0.5, 0.6) is 11.5 Å². The molecule has 9 heteroatoms. The summed E-state index contributed by atoms with van der Waals surface area (Å²) in [6.07, 6.45) is 1.51. The molecule has 5 rings (SSSR count). The molecular formula is C28H24ClN5O2S. The van der Waals surface area contributed by atoms with E-state index in [4.69, 9.17) is 21.3 Å². The fourth-order valence-corrected chi connectivity index (χ4v) is 4.68. The van der Waals surface area contributed by atoms with Crippen molar-refractivity contribution in [2.75, 3.05) is 5.32 Å². The highest BCUT2D eigenvalue weighted by molar-refractivity contribution is 7.99. The molecule has 2 N–H and O–H groups in total. The van der Waals surface area contributed by atoms with Crippen molar-refractivity contribution < 1.29 is 9.84 Å². The zero-order chi connectivity index (χ0) is 25.8. The van der Waals surface area contributed by atoms with E-state index in [1.54, 1.807) is 30.0 Å². The van der Waals surface area contributed by atoms with Crippen molar-refractivity contribution in [3.05, 3.63) is 95.7 Å². The number of anilines is 2. The van der Waals surface area contributed by atoms with Crippen LogP contribution in [0.4, 0.5) is 11.5 Å². The molecule has 0 amide bonds. The van der Waals surface area contributed by atoms with Crippen molar-refractivity contribution in [3.63, 3.8) is 0 Å². The summed E-state index contributed by atoms with van der Waals surface area (Å²) >= 11 is 7.57. The number of fused-ring (bicyclic) bond motifs is 1. The average molecular weight is 530 g/mol. The van der Waals surface area contributed by atoms with Crippen LogP contribution in [-0.2, 0) is 6.61 Å². The zero-order valence-corrected chi connectivity index (χ0v) is 21.8. The molecular weight excluding hydrogens is 506 g/mol. The van der Waals surface area contributed by atoms with Gasteiger partial charge in [-0.2, -0.15) is 0 Å². The van der Waals surface area contributed by atoms with E-state index in [9.17, 15) is 5.11 Å². The molecule has 0 aliphatic carbocycles. The number of phenols is 1. The smallest absolute Gasteiger partial charge is 0.164 e. The number of aromatic nitrogens is 4. The van der Waals surface area contributed by atoms with Gasteiger partial charge in [-0.1, -0.05) is 43.3 Å². The summed E-state index contributed by atoms with van der Waals surface area (Å²) in [5.74, 6) is 1.83. The Bertz CT molecular complexity index is 1550. The van der Waals surface area contributed by atoms with Gasteiger partial charge in [0, 0.05) is 21.6 Å². The SMILES string of the molecule is CC(C)c1ccc2c(Nc3cc(OCc4cccc(Cl)n4)ccc3Sc3ccc(O)cc3)ncnc2n1. The van der Waals surface area contributed by atoms with E-state index in [0.29, 0.717) is 28.3 Å². The molecule has 186 valence electrons. The summed E-state index contributed by atoms with van der Waals surface area (Å²) in [5.41, 5.74) is 3.16. The first-order valence-electron chi connectivity index (χ1n) is 11.7. The Balaban J connectivity index is 1.48. The van der Waals surface area contributed by atoms with Crippen LogP contribution in [0.2, 0.25) is 5.15 Å². The highest BCUT2D eigenvalue weighted by Crippen LogP contribution is 2.38. The Morgan fingerprint density at radius 3 is 2.59 bits per heavy atom. The number of hydrogen-bond acceptors (Lipinski definition) is 8. The topological polar surface area (TPSA) is 93.0 Å². The Kier molecular flexibility index (Phi) is 7.39. The minimum atomic E-state index is 0.224. The number of nitrogens with zero attached hydrogens (tertiary/aromatic N) is 4. The van der Waals surface area contributed by atoms with Gasteiger partial charge in [0.2, 0.25) is 0 Å². The fraction of sp³-hybridized carbons (Fsp3) is 0.143. The lowest BCUT2D eigenvalue weighted by Gasteiger charge is -2.15. The van der Waals surface area contributed by atoms with Gasteiger partial charge >= 0.3 is 0 Å². The van der Waals surface area contributed by atoms with E-state index >= 15 is 0 Å². The zero-order valence-electron chi connectivity index (χ0n) is 20.2. The maximum Gasteiger partial charge on any atom is 0.164 e. The first-order valence-corrected chi connectivity index (χ1v) is 12.9. The van der Waals surface area contributed by atoms with Crippen molar-refractivity contribution in [2.45, 2.75) is 36.2 Å². The lowest BCUT2D eigenvalue weighted by Crippen LogP contribution is -2.02. The third kappa shape index (κ3) is 6.10. The van der Waals surface area contributed by atoms with Crippen LogP contribution >= 0.6 is 23.4 Å². The number of benzene rings is 2. The quantitative estimate of drug-likeness (QED) is 0.201. The van der Waals surface area contributed by atoms with E-state index in [-0.39, 0.29) is 12.4 Å². The Morgan fingerprint density at radius 1 is 0.973 bits per heavy atom. The third-order valence-electron chi connectivity index (χ3n) is 5.54. The summed E-state index contributed by atoms with van der Waals surface area (Å²) in [7, 11) is 0. The van der Waals surface area contributed by atoms with Crippen LogP contribution in [0.1, 0.15) is 31.2 Å². The molecule has 0 aliphatic rings. The van der Waals surface area contributed by atoms with Crippen molar-refractivity contribution in [1.29, 1.82) is 0 Å². The number of pyridine rings is 2. The van der Waals surface area contributed by atoms with Crippen LogP contribution in [0, 0.1) is 0 Å². The molecule has 5 aromatic rings. The number of halogens is 1. The van der Waals surface area contributed by atoms with E-state index in [0.717, 1.165) is 32.3 Å². The molecule has 7 nitrogen and oxygen atoms in total. The van der Waals surface area contributed by atoms with Crippen LogP contribution in [0.15, 0.2) is 88.9 Å². The molecule has 0 unspecified atom stereocenters. The molecule has 3 aromatic heterocycles. The van der Waals surface area contributed by atoms with Gasteiger partial charge in [0.05, 0.1) is 16.8 Å². The lowest BCUT2D eigenvalue weighted by molar-refractivity contribution is 0.301. The van der Waals surface area contributed by atoms with Gasteiger partial charge in [-0.15, -0.1) is 0 Å². The van der Waals surface area contributed by atoms with Crippen molar-refractivity contribution in [3.8, 4) is 11.5 Å². The summed E-state index contributed by atoms with van der Waals surface area (Å²) in [5, 5.41) is 14.4. The Labute approximate surface area is 224 Å². The second-order valence-electron chi connectivity index (χ2n) is 8.60. The predicted octanol–water partition coefficient (Wildman–Crippen LogP) is 7.38. The number of rotatable bonds is 8. The highest BCUT2D eigenvalue weighted by Gasteiger charge is 2.13. The van der Waals surface area contributed by atoms with Crippen LogP contribution < -0.4 is 10.1 Å². The van der Waals surface area contributed by atoms with Gasteiger partial charge in [-0.3, -0.25) is 0 Å². The van der Waals surface area contributed by atoms with E-state index in [1.807, 2.05) is 54.6 Å². The molecule has 0 spiro atoms. The van der Waals surface area contributed by atoms with Crippen LogP contribution in [0.25, 0.3) is 11.0 Å². The fourth-order valence-electron chi connectivity index (χ4n) is 3.62. The van der Waals surface area contributed by atoms with Gasteiger partial charge in [0.25, 0.3) is 0 Å². The summed E-state index contributed by atoms with van der Waals surface area (Å²) < 4.78 is 6.03. The molecule has 37 heavy (non-hydrogen) atoms. The largest absolute Gasteiger partial charge is 0.508 e. The number of hydrogen-bond donors (Lipinski definition) is 2.